The van der Waals surface area contributed by atoms with Gasteiger partial charge in [0.1, 0.15) is 6.10 Å². The zero-order valence-electron chi connectivity index (χ0n) is 15.7. The molecule has 0 saturated carbocycles. The van der Waals surface area contributed by atoms with Crippen molar-refractivity contribution in [1.29, 1.82) is 0 Å². The molecule has 138 valence electrons. The van der Waals surface area contributed by atoms with E-state index in [-0.39, 0.29) is 12.1 Å². The first-order chi connectivity index (χ1) is 11.8. The maximum Gasteiger partial charge on any atom is 0.374 e. The van der Waals surface area contributed by atoms with Crippen LogP contribution in [0.15, 0.2) is 12.4 Å². The van der Waals surface area contributed by atoms with Gasteiger partial charge < -0.3 is 9.72 Å². The van der Waals surface area contributed by atoms with Gasteiger partial charge in [0.05, 0.1) is 0 Å². The van der Waals surface area contributed by atoms with Crippen LogP contribution in [0.2, 0.25) is 0 Å². The maximum atomic E-state index is 12.1. The number of aromatic nitrogens is 2. The second-order valence-corrected chi connectivity index (χ2v) is 6.72. The van der Waals surface area contributed by atoms with E-state index in [2.05, 4.69) is 23.8 Å². The number of hydrogen-bond donors (Lipinski definition) is 1. The van der Waals surface area contributed by atoms with Gasteiger partial charge in [-0.3, -0.25) is 0 Å². The van der Waals surface area contributed by atoms with E-state index in [0.29, 0.717) is 5.82 Å². The fourth-order valence-corrected chi connectivity index (χ4v) is 2.97. The van der Waals surface area contributed by atoms with Gasteiger partial charge in [-0.15, -0.1) is 0 Å². The minimum absolute atomic E-state index is 0.0371. The SMILES string of the molecule is CCCCCCCCCC(CCCCCC)OC(=O)c1ncc[nH]1. The van der Waals surface area contributed by atoms with Gasteiger partial charge in [-0.1, -0.05) is 71.6 Å². The van der Waals surface area contributed by atoms with Crippen LogP contribution in [0.4, 0.5) is 0 Å². The Kier molecular flexibility index (Phi) is 12.1. The van der Waals surface area contributed by atoms with Crippen molar-refractivity contribution in [2.45, 2.75) is 103 Å². The summed E-state index contributed by atoms with van der Waals surface area (Å²) in [6.45, 7) is 4.46. The Morgan fingerprint density at radius 3 is 2.04 bits per heavy atom. The van der Waals surface area contributed by atoms with Gasteiger partial charge in [0, 0.05) is 12.4 Å². The fourth-order valence-electron chi connectivity index (χ4n) is 2.97. The number of carbonyl (C=O) groups excluding carboxylic acids is 1. The number of unbranched alkanes of at least 4 members (excludes halogenated alkanes) is 9. The molecule has 0 aliphatic heterocycles. The van der Waals surface area contributed by atoms with Gasteiger partial charge in [0.2, 0.25) is 5.82 Å². The highest BCUT2D eigenvalue weighted by Gasteiger charge is 2.17. The van der Waals surface area contributed by atoms with Crippen molar-refractivity contribution in [2.75, 3.05) is 0 Å². The molecule has 24 heavy (non-hydrogen) atoms. The van der Waals surface area contributed by atoms with Crippen LogP contribution in [-0.4, -0.2) is 22.0 Å². The smallest absolute Gasteiger partial charge is 0.374 e. The Morgan fingerprint density at radius 2 is 1.50 bits per heavy atom. The number of rotatable bonds is 15. The number of H-pyrrole nitrogens is 1. The number of imidazole rings is 1. The summed E-state index contributed by atoms with van der Waals surface area (Å²) in [7, 11) is 0. The summed E-state index contributed by atoms with van der Waals surface area (Å²) in [5.74, 6) is -0.00318. The van der Waals surface area contributed by atoms with Crippen molar-refractivity contribution < 1.29 is 9.53 Å². The molecule has 1 rings (SSSR count). The quantitative estimate of drug-likeness (QED) is 0.313. The monoisotopic (exact) mass is 336 g/mol. The van der Waals surface area contributed by atoms with Gasteiger partial charge in [-0.2, -0.15) is 0 Å². The molecule has 1 heterocycles. The summed E-state index contributed by atoms with van der Waals surface area (Å²) < 4.78 is 5.69. The van der Waals surface area contributed by atoms with Crippen molar-refractivity contribution in [1.82, 2.24) is 9.97 Å². The van der Waals surface area contributed by atoms with E-state index in [1.54, 1.807) is 12.4 Å². The second-order valence-electron chi connectivity index (χ2n) is 6.72. The third-order valence-corrected chi connectivity index (χ3v) is 4.47. The average molecular weight is 337 g/mol. The lowest BCUT2D eigenvalue weighted by atomic mass is 10.0. The Labute approximate surface area is 147 Å². The molecule has 0 aliphatic rings. The molecule has 4 nitrogen and oxygen atoms in total. The van der Waals surface area contributed by atoms with E-state index in [1.807, 2.05) is 0 Å². The maximum absolute atomic E-state index is 12.1. The lowest BCUT2D eigenvalue weighted by Gasteiger charge is -2.17. The zero-order valence-corrected chi connectivity index (χ0v) is 15.7. The predicted molar refractivity (Wildman–Crippen MR) is 99.2 cm³/mol. The lowest BCUT2D eigenvalue weighted by molar-refractivity contribution is 0.0236. The van der Waals surface area contributed by atoms with Gasteiger partial charge in [0.15, 0.2) is 0 Å². The Hall–Kier alpha value is -1.32. The number of nitrogens with one attached hydrogen (secondary N) is 1. The zero-order chi connectivity index (χ0) is 17.5. The highest BCUT2D eigenvalue weighted by atomic mass is 16.5. The van der Waals surface area contributed by atoms with Crippen LogP contribution in [-0.2, 0) is 4.74 Å². The van der Waals surface area contributed by atoms with E-state index in [9.17, 15) is 4.79 Å². The first kappa shape index (κ1) is 20.7. The van der Waals surface area contributed by atoms with E-state index < -0.39 is 0 Å². The second kappa shape index (κ2) is 14.1. The van der Waals surface area contributed by atoms with Gasteiger partial charge in [-0.05, 0) is 25.7 Å². The predicted octanol–water partition coefficient (Wildman–Crippen LogP) is 6.05. The summed E-state index contributed by atoms with van der Waals surface area (Å²) >= 11 is 0. The van der Waals surface area contributed by atoms with Crippen LogP contribution in [0.5, 0.6) is 0 Å². The molecule has 0 radical (unpaired) electrons. The fraction of sp³-hybridized carbons (Fsp3) is 0.800. The molecule has 0 aromatic carbocycles. The molecule has 1 aromatic rings. The Balaban J connectivity index is 2.27. The third kappa shape index (κ3) is 9.74. The van der Waals surface area contributed by atoms with Crippen LogP contribution in [0.1, 0.15) is 108 Å². The Morgan fingerprint density at radius 1 is 0.958 bits per heavy atom. The standard InChI is InChI=1S/C20H36N2O2/c1-3-5-7-9-10-11-13-15-18(14-12-8-6-4-2)24-20(23)19-21-16-17-22-19/h16-18H,3-15H2,1-2H3,(H,21,22). The molecule has 0 fully saturated rings. The molecule has 0 aliphatic carbocycles. The molecule has 1 atom stereocenters. The molecule has 4 heteroatoms. The highest BCUT2D eigenvalue weighted by molar-refractivity contribution is 5.85. The highest BCUT2D eigenvalue weighted by Crippen LogP contribution is 2.17. The molecule has 1 aromatic heterocycles. The van der Waals surface area contributed by atoms with Crippen LogP contribution in [0, 0.1) is 0 Å². The summed E-state index contributed by atoms with van der Waals surface area (Å²) in [5, 5.41) is 0. The van der Waals surface area contributed by atoms with Crippen molar-refractivity contribution >= 4 is 5.97 Å². The topological polar surface area (TPSA) is 55.0 Å². The van der Waals surface area contributed by atoms with E-state index in [4.69, 9.17) is 4.74 Å². The number of hydrogen-bond acceptors (Lipinski definition) is 3. The van der Waals surface area contributed by atoms with Crippen molar-refractivity contribution in [3.05, 3.63) is 18.2 Å². The summed E-state index contributed by atoms with van der Waals surface area (Å²) in [4.78, 5) is 18.9. The molecule has 0 amide bonds. The number of nitrogens with zero attached hydrogens (tertiary/aromatic N) is 1. The Bertz CT molecular complexity index is 404. The number of aromatic amines is 1. The van der Waals surface area contributed by atoms with E-state index >= 15 is 0 Å². The van der Waals surface area contributed by atoms with Crippen LogP contribution in [0.25, 0.3) is 0 Å². The minimum atomic E-state index is -0.316. The molecule has 1 N–H and O–H groups in total. The van der Waals surface area contributed by atoms with Crippen molar-refractivity contribution in [2.24, 2.45) is 0 Å². The summed E-state index contributed by atoms with van der Waals surface area (Å²) in [5.41, 5.74) is 0. The first-order valence-electron chi connectivity index (χ1n) is 9.98. The number of esters is 1. The van der Waals surface area contributed by atoms with Gasteiger partial charge in [-0.25, -0.2) is 9.78 Å². The van der Waals surface area contributed by atoms with Gasteiger partial charge in [0.25, 0.3) is 0 Å². The van der Waals surface area contributed by atoms with Crippen molar-refractivity contribution in [3.8, 4) is 0 Å². The molecule has 0 spiro atoms. The summed E-state index contributed by atoms with van der Waals surface area (Å²) in [6, 6.07) is 0. The molecule has 1 unspecified atom stereocenters. The lowest BCUT2D eigenvalue weighted by Crippen LogP contribution is -2.19. The molecule has 0 saturated heterocycles. The number of carbonyl (C=O) groups is 1. The third-order valence-electron chi connectivity index (χ3n) is 4.47. The molecular weight excluding hydrogens is 300 g/mol. The van der Waals surface area contributed by atoms with E-state index in [0.717, 1.165) is 25.7 Å². The molecule has 0 bridgehead atoms. The average Bonchev–Trinajstić information content (AvgIpc) is 3.12. The molecular formula is C20H36N2O2. The first-order valence-corrected chi connectivity index (χ1v) is 9.98. The minimum Gasteiger partial charge on any atom is -0.457 e. The number of ether oxygens (including phenoxy) is 1. The van der Waals surface area contributed by atoms with Crippen molar-refractivity contribution in [3.63, 3.8) is 0 Å². The van der Waals surface area contributed by atoms with E-state index in [1.165, 1.54) is 57.8 Å². The van der Waals surface area contributed by atoms with Crippen LogP contribution >= 0.6 is 0 Å². The normalized spacial score (nSPS) is 12.2. The largest absolute Gasteiger partial charge is 0.457 e. The van der Waals surface area contributed by atoms with Crippen LogP contribution in [0.3, 0.4) is 0 Å². The van der Waals surface area contributed by atoms with Gasteiger partial charge >= 0.3 is 5.97 Å². The van der Waals surface area contributed by atoms with Crippen LogP contribution < -0.4 is 0 Å². The summed E-state index contributed by atoms with van der Waals surface area (Å²) in [6.07, 6.45) is 19.1.